The average molecular weight is 331 g/mol. The van der Waals surface area contributed by atoms with Crippen LogP contribution in [0.25, 0.3) is 0 Å². The molecule has 2 amide bonds. The quantitative estimate of drug-likeness (QED) is 0.777. The zero-order valence-corrected chi connectivity index (χ0v) is 15.1. The summed E-state index contributed by atoms with van der Waals surface area (Å²) in [4.78, 5) is 24.1. The molecule has 0 heterocycles. The molecule has 1 aromatic rings. The van der Waals surface area contributed by atoms with Crippen LogP contribution in [0.2, 0.25) is 0 Å². The lowest BCUT2D eigenvalue weighted by atomic mass is 9.78. The largest absolute Gasteiger partial charge is 0.355 e. The Hall–Kier alpha value is -1.88. The smallest absolute Gasteiger partial charge is 0.251 e. The fourth-order valence-corrected chi connectivity index (χ4v) is 3.35. The summed E-state index contributed by atoms with van der Waals surface area (Å²) in [5.74, 6) is 1.03. The zero-order chi connectivity index (χ0) is 17.7. The van der Waals surface area contributed by atoms with Crippen molar-refractivity contribution in [1.82, 2.24) is 10.6 Å². The normalized spacial score (nSPS) is 24.9. The second kappa shape index (κ2) is 8.29. The SMILES string of the molecule is CNC(=O)c1cccc(NC(=O)C(C)NC2CCCC(C)C2C)c1. The summed E-state index contributed by atoms with van der Waals surface area (Å²) in [7, 11) is 1.59. The number of rotatable bonds is 5. The van der Waals surface area contributed by atoms with Crippen molar-refractivity contribution in [3.05, 3.63) is 29.8 Å². The van der Waals surface area contributed by atoms with Crippen LogP contribution in [0.3, 0.4) is 0 Å². The van der Waals surface area contributed by atoms with Gasteiger partial charge in [0.25, 0.3) is 5.91 Å². The molecule has 1 fully saturated rings. The number of amides is 2. The Labute approximate surface area is 144 Å². The predicted octanol–water partition coefficient (Wildman–Crippen LogP) is 2.79. The van der Waals surface area contributed by atoms with Crippen LogP contribution in [0, 0.1) is 11.8 Å². The first-order valence-corrected chi connectivity index (χ1v) is 8.81. The lowest BCUT2D eigenvalue weighted by Crippen LogP contribution is -2.49. The maximum Gasteiger partial charge on any atom is 0.251 e. The van der Waals surface area contributed by atoms with E-state index in [1.807, 2.05) is 6.92 Å². The molecular weight excluding hydrogens is 302 g/mol. The van der Waals surface area contributed by atoms with E-state index in [9.17, 15) is 9.59 Å². The second-order valence-electron chi connectivity index (χ2n) is 6.91. The molecule has 0 saturated heterocycles. The van der Waals surface area contributed by atoms with Crippen molar-refractivity contribution in [2.45, 2.75) is 52.1 Å². The standard InChI is InChI=1S/C19H29N3O2/c1-12-7-5-10-17(13(12)2)21-14(3)18(23)22-16-9-6-8-15(11-16)19(24)20-4/h6,8-9,11-14,17,21H,5,7,10H2,1-4H3,(H,20,24)(H,22,23). The highest BCUT2D eigenvalue weighted by Crippen LogP contribution is 2.29. The lowest BCUT2D eigenvalue weighted by Gasteiger charge is -2.36. The molecule has 0 aromatic heterocycles. The molecule has 1 saturated carbocycles. The highest BCUT2D eigenvalue weighted by molar-refractivity contribution is 5.98. The molecule has 5 nitrogen and oxygen atoms in total. The number of anilines is 1. The van der Waals surface area contributed by atoms with Crippen LogP contribution in [0.15, 0.2) is 24.3 Å². The van der Waals surface area contributed by atoms with Gasteiger partial charge in [0.1, 0.15) is 0 Å². The van der Waals surface area contributed by atoms with Gasteiger partial charge in [0.15, 0.2) is 0 Å². The molecule has 0 radical (unpaired) electrons. The van der Waals surface area contributed by atoms with Gasteiger partial charge >= 0.3 is 0 Å². The van der Waals surface area contributed by atoms with E-state index in [-0.39, 0.29) is 17.9 Å². The third-order valence-corrected chi connectivity index (χ3v) is 5.18. The highest BCUT2D eigenvalue weighted by atomic mass is 16.2. The fourth-order valence-electron chi connectivity index (χ4n) is 3.35. The molecule has 3 N–H and O–H groups in total. The number of benzene rings is 1. The summed E-state index contributed by atoms with van der Waals surface area (Å²) in [6.07, 6.45) is 3.60. The van der Waals surface area contributed by atoms with Crippen molar-refractivity contribution in [3.63, 3.8) is 0 Å². The van der Waals surface area contributed by atoms with E-state index in [1.54, 1.807) is 31.3 Å². The van der Waals surface area contributed by atoms with E-state index in [0.717, 1.165) is 6.42 Å². The first kappa shape index (κ1) is 18.5. The number of hydrogen-bond donors (Lipinski definition) is 3. The first-order valence-electron chi connectivity index (χ1n) is 8.81. The number of carbonyl (C=O) groups excluding carboxylic acids is 2. The number of hydrogen-bond acceptors (Lipinski definition) is 3. The van der Waals surface area contributed by atoms with Gasteiger partial charge in [-0.25, -0.2) is 0 Å². The van der Waals surface area contributed by atoms with Crippen molar-refractivity contribution in [2.75, 3.05) is 12.4 Å². The summed E-state index contributed by atoms with van der Waals surface area (Å²) < 4.78 is 0. The molecule has 0 bridgehead atoms. The molecule has 132 valence electrons. The van der Waals surface area contributed by atoms with Crippen molar-refractivity contribution in [2.24, 2.45) is 11.8 Å². The predicted molar refractivity (Wildman–Crippen MR) is 97.0 cm³/mol. The summed E-state index contributed by atoms with van der Waals surface area (Å²) in [6, 6.07) is 7.08. The highest BCUT2D eigenvalue weighted by Gasteiger charge is 2.29. The van der Waals surface area contributed by atoms with E-state index in [4.69, 9.17) is 0 Å². The Morgan fingerprint density at radius 3 is 2.67 bits per heavy atom. The molecule has 0 aliphatic heterocycles. The van der Waals surface area contributed by atoms with Gasteiger partial charge in [-0.2, -0.15) is 0 Å². The average Bonchev–Trinajstić information content (AvgIpc) is 2.58. The van der Waals surface area contributed by atoms with Gasteiger partial charge in [-0.1, -0.05) is 32.8 Å². The van der Waals surface area contributed by atoms with Crippen LogP contribution < -0.4 is 16.0 Å². The van der Waals surface area contributed by atoms with Gasteiger partial charge in [-0.15, -0.1) is 0 Å². The molecule has 2 rings (SSSR count). The minimum atomic E-state index is -0.272. The van der Waals surface area contributed by atoms with E-state index < -0.39 is 0 Å². The molecule has 0 spiro atoms. The van der Waals surface area contributed by atoms with E-state index in [2.05, 4.69) is 29.8 Å². The first-order chi connectivity index (χ1) is 11.4. The molecule has 24 heavy (non-hydrogen) atoms. The topological polar surface area (TPSA) is 70.2 Å². The summed E-state index contributed by atoms with van der Waals surface area (Å²) in [5.41, 5.74) is 1.17. The zero-order valence-electron chi connectivity index (χ0n) is 15.1. The molecular formula is C19H29N3O2. The van der Waals surface area contributed by atoms with Gasteiger partial charge in [0.05, 0.1) is 6.04 Å². The van der Waals surface area contributed by atoms with Gasteiger partial charge in [-0.3, -0.25) is 9.59 Å². The molecule has 1 aliphatic carbocycles. The van der Waals surface area contributed by atoms with Crippen LogP contribution in [-0.4, -0.2) is 30.9 Å². The monoisotopic (exact) mass is 331 g/mol. The van der Waals surface area contributed by atoms with Crippen LogP contribution >= 0.6 is 0 Å². The van der Waals surface area contributed by atoms with Crippen LogP contribution in [0.4, 0.5) is 5.69 Å². The Morgan fingerprint density at radius 2 is 1.96 bits per heavy atom. The van der Waals surface area contributed by atoms with Gasteiger partial charge in [0.2, 0.25) is 5.91 Å². The van der Waals surface area contributed by atoms with E-state index in [1.165, 1.54) is 12.8 Å². The van der Waals surface area contributed by atoms with Crippen molar-refractivity contribution >= 4 is 17.5 Å². The maximum absolute atomic E-state index is 12.5. The van der Waals surface area contributed by atoms with E-state index >= 15 is 0 Å². The molecule has 1 aliphatic rings. The Morgan fingerprint density at radius 1 is 1.21 bits per heavy atom. The van der Waals surface area contributed by atoms with Gasteiger partial charge in [0, 0.05) is 24.3 Å². The summed E-state index contributed by atoms with van der Waals surface area (Å²) in [6.45, 7) is 6.44. The lowest BCUT2D eigenvalue weighted by molar-refractivity contribution is -0.118. The summed E-state index contributed by atoms with van der Waals surface area (Å²) in [5, 5.41) is 8.96. The Balaban J connectivity index is 1.95. The minimum absolute atomic E-state index is 0.0746. The summed E-state index contributed by atoms with van der Waals surface area (Å²) >= 11 is 0. The maximum atomic E-state index is 12.5. The third-order valence-electron chi connectivity index (χ3n) is 5.18. The second-order valence-corrected chi connectivity index (χ2v) is 6.91. The van der Waals surface area contributed by atoms with Crippen LogP contribution in [0.5, 0.6) is 0 Å². The molecule has 1 aromatic carbocycles. The van der Waals surface area contributed by atoms with Crippen molar-refractivity contribution < 1.29 is 9.59 Å². The third kappa shape index (κ3) is 4.57. The van der Waals surface area contributed by atoms with Crippen molar-refractivity contribution in [3.8, 4) is 0 Å². The fraction of sp³-hybridized carbons (Fsp3) is 0.579. The van der Waals surface area contributed by atoms with Crippen LogP contribution in [-0.2, 0) is 4.79 Å². The Bertz CT molecular complexity index is 588. The van der Waals surface area contributed by atoms with Gasteiger partial charge < -0.3 is 16.0 Å². The minimum Gasteiger partial charge on any atom is -0.355 e. The van der Waals surface area contributed by atoms with Gasteiger partial charge in [-0.05, 0) is 43.4 Å². The van der Waals surface area contributed by atoms with Crippen LogP contribution in [0.1, 0.15) is 50.4 Å². The Kier molecular flexibility index (Phi) is 6.37. The number of carbonyl (C=O) groups is 2. The molecule has 4 unspecified atom stereocenters. The number of nitrogens with one attached hydrogen (secondary N) is 3. The van der Waals surface area contributed by atoms with E-state index in [0.29, 0.717) is 29.1 Å². The molecule has 4 atom stereocenters. The van der Waals surface area contributed by atoms with Crippen molar-refractivity contribution in [1.29, 1.82) is 0 Å². The molecule has 5 heteroatoms.